The molecule has 2 aromatic heterocycles. The van der Waals surface area contributed by atoms with E-state index in [1.165, 1.54) is 11.1 Å². The molecule has 7 rings (SSSR count). The van der Waals surface area contributed by atoms with Crippen molar-refractivity contribution in [2.75, 3.05) is 26.2 Å². The van der Waals surface area contributed by atoms with E-state index < -0.39 is 0 Å². The number of para-hydroxylation sites is 1. The minimum Gasteiger partial charge on any atom is -0.335 e. The minimum absolute atomic E-state index is 0.0679. The maximum Gasteiger partial charge on any atom is 0.270 e. The summed E-state index contributed by atoms with van der Waals surface area (Å²) in [6, 6.07) is 43.5. The van der Waals surface area contributed by atoms with Crippen molar-refractivity contribution in [3.63, 3.8) is 0 Å². The van der Waals surface area contributed by atoms with Gasteiger partial charge in [-0.25, -0.2) is 4.68 Å². The van der Waals surface area contributed by atoms with Gasteiger partial charge in [0.1, 0.15) is 11.4 Å². The van der Waals surface area contributed by atoms with Crippen LogP contribution in [0, 0.1) is 0 Å². The zero-order valence-electron chi connectivity index (χ0n) is 27.0. The summed E-state index contributed by atoms with van der Waals surface area (Å²) in [5.41, 5.74) is 6.07. The van der Waals surface area contributed by atoms with Gasteiger partial charge in [0.05, 0.1) is 11.7 Å². The monoisotopic (exact) mass is 644 g/mol. The van der Waals surface area contributed by atoms with Crippen molar-refractivity contribution in [1.29, 1.82) is 0 Å². The van der Waals surface area contributed by atoms with Crippen molar-refractivity contribution in [2.24, 2.45) is 0 Å². The van der Waals surface area contributed by atoms with Crippen molar-refractivity contribution in [3.05, 3.63) is 180 Å². The van der Waals surface area contributed by atoms with Gasteiger partial charge >= 0.3 is 0 Å². The van der Waals surface area contributed by atoms with E-state index in [2.05, 4.69) is 63.7 Å². The number of rotatable bonds is 9. The number of carbonyl (C=O) groups is 2. The molecule has 8 heteroatoms. The number of amides is 2. The van der Waals surface area contributed by atoms with E-state index in [1.54, 1.807) is 47.4 Å². The zero-order chi connectivity index (χ0) is 33.4. The van der Waals surface area contributed by atoms with Crippen molar-refractivity contribution < 1.29 is 9.59 Å². The maximum absolute atomic E-state index is 14.4. The van der Waals surface area contributed by atoms with Gasteiger partial charge in [-0.2, -0.15) is 5.10 Å². The molecule has 1 fully saturated rings. The molecule has 1 saturated heterocycles. The summed E-state index contributed by atoms with van der Waals surface area (Å²) in [6.07, 6.45) is 7.07. The van der Waals surface area contributed by atoms with Crippen molar-refractivity contribution in [1.82, 2.24) is 29.9 Å². The fraction of sp³-hybridized carbons (Fsp3) is 0.122. The average molecular weight is 645 g/mol. The zero-order valence-corrected chi connectivity index (χ0v) is 27.0. The topological polar surface area (TPSA) is 83.4 Å². The highest BCUT2D eigenvalue weighted by molar-refractivity contribution is 6.05. The Morgan fingerprint density at radius 1 is 0.694 bits per heavy atom. The van der Waals surface area contributed by atoms with Crippen LogP contribution < -0.4 is 5.32 Å². The molecular weight excluding hydrogens is 608 g/mol. The van der Waals surface area contributed by atoms with Crippen LogP contribution in [-0.4, -0.2) is 62.6 Å². The molecule has 0 radical (unpaired) electrons. The van der Waals surface area contributed by atoms with Gasteiger partial charge < -0.3 is 10.2 Å². The highest BCUT2D eigenvalue weighted by Gasteiger charge is 2.30. The second kappa shape index (κ2) is 14.8. The lowest BCUT2D eigenvalue weighted by molar-refractivity contribution is -0.129. The summed E-state index contributed by atoms with van der Waals surface area (Å²) in [5.74, 6) is -0.602. The Hall–Kier alpha value is -6.12. The molecule has 0 bridgehead atoms. The summed E-state index contributed by atoms with van der Waals surface area (Å²) < 4.78 is 1.78. The Morgan fingerprint density at radius 3 is 1.88 bits per heavy atom. The van der Waals surface area contributed by atoms with Crippen LogP contribution in [0.25, 0.3) is 23.0 Å². The number of aromatic nitrogens is 3. The van der Waals surface area contributed by atoms with Crippen LogP contribution in [0.3, 0.4) is 0 Å². The second-order valence-corrected chi connectivity index (χ2v) is 11.9. The van der Waals surface area contributed by atoms with E-state index in [4.69, 9.17) is 5.10 Å². The number of nitrogens with one attached hydrogen (secondary N) is 1. The lowest BCUT2D eigenvalue weighted by Gasteiger charge is -2.40. The average Bonchev–Trinajstić information content (AvgIpc) is 3.60. The van der Waals surface area contributed by atoms with Crippen LogP contribution in [0.15, 0.2) is 158 Å². The van der Waals surface area contributed by atoms with Crippen molar-refractivity contribution >= 4 is 17.9 Å². The molecule has 242 valence electrons. The third-order valence-corrected chi connectivity index (χ3v) is 8.71. The summed E-state index contributed by atoms with van der Waals surface area (Å²) >= 11 is 0. The number of carbonyl (C=O) groups excluding carboxylic acids is 2. The van der Waals surface area contributed by atoms with E-state index >= 15 is 0 Å². The number of piperazine rings is 1. The van der Waals surface area contributed by atoms with Crippen LogP contribution in [0.2, 0.25) is 0 Å². The molecular formula is C41H36N6O2. The second-order valence-electron chi connectivity index (χ2n) is 11.9. The van der Waals surface area contributed by atoms with E-state index in [-0.39, 0.29) is 23.6 Å². The standard InChI is InChI=1S/C41H36N6O2/c48-40(33-18-9-3-10-19-33)43-37(28-35-30-47(36-21-11-4-12-22-36)44-38(35)34-20-13-23-42-29-34)41(49)46-26-24-45(25-27-46)39(31-14-5-1-6-15-31)32-16-7-2-8-17-32/h1-23,28-30,39H,24-27H2,(H,43,48)/b37-28+. The lowest BCUT2D eigenvalue weighted by Crippen LogP contribution is -2.51. The first-order chi connectivity index (χ1) is 24.1. The fourth-order valence-electron chi connectivity index (χ4n) is 6.26. The Kier molecular flexibility index (Phi) is 9.48. The molecule has 0 saturated carbocycles. The Morgan fingerprint density at radius 2 is 1.29 bits per heavy atom. The number of nitrogens with zero attached hydrogens (tertiary/aromatic N) is 5. The first-order valence-electron chi connectivity index (χ1n) is 16.4. The summed E-state index contributed by atoms with van der Waals surface area (Å²) in [5, 5.41) is 7.84. The number of benzene rings is 4. The van der Waals surface area contributed by atoms with Gasteiger partial charge in [0.25, 0.3) is 11.8 Å². The molecule has 2 amide bonds. The molecule has 0 aliphatic carbocycles. The number of hydrogen-bond acceptors (Lipinski definition) is 5. The van der Waals surface area contributed by atoms with Gasteiger partial charge in [-0.3, -0.25) is 19.5 Å². The SMILES string of the molecule is O=C(N/C(=C/c1cn(-c2ccccc2)nc1-c1cccnc1)C(=O)N1CCN(C(c2ccccc2)c2ccccc2)CC1)c1ccccc1. The lowest BCUT2D eigenvalue weighted by atomic mass is 9.96. The summed E-state index contributed by atoms with van der Waals surface area (Å²) in [6.45, 7) is 2.36. The normalized spacial score (nSPS) is 13.7. The maximum atomic E-state index is 14.4. The van der Waals surface area contributed by atoms with Gasteiger partial charge in [-0.1, -0.05) is 97.1 Å². The van der Waals surface area contributed by atoms with Gasteiger partial charge in [-0.05, 0) is 53.6 Å². The van der Waals surface area contributed by atoms with Gasteiger partial charge in [0, 0.05) is 61.5 Å². The molecule has 3 heterocycles. The highest BCUT2D eigenvalue weighted by atomic mass is 16.2. The highest BCUT2D eigenvalue weighted by Crippen LogP contribution is 2.30. The quantitative estimate of drug-likeness (QED) is 0.179. The van der Waals surface area contributed by atoms with Crippen LogP contribution in [0.5, 0.6) is 0 Å². The predicted molar refractivity (Wildman–Crippen MR) is 192 cm³/mol. The van der Waals surface area contributed by atoms with Gasteiger partial charge in [-0.15, -0.1) is 0 Å². The van der Waals surface area contributed by atoms with Crippen molar-refractivity contribution in [2.45, 2.75) is 6.04 Å². The summed E-state index contributed by atoms with van der Waals surface area (Å²) in [4.78, 5) is 36.5. The van der Waals surface area contributed by atoms with Crippen LogP contribution in [0.1, 0.15) is 33.1 Å². The minimum atomic E-state index is -0.356. The van der Waals surface area contributed by atoms with E-state index in [9.17, 15) is 9.59 Å². The molecule has 1 aliphatic rings. The summed E-state index contributed by atoms with van der Waals surface area (Å²) in [7, 11) is 0. The molecule has 1 N–H and O–H groups in total. The molecule has 0 spiro atoms. The Labute approximate surface area is 286 Å². The third kappa shape index (κ3) is 7.25. The molecule has 49 heavy (non-hydrogen) atoms. The molecule has 6 aromatic rings. The Bertz CT molecular complexity index is 1980. The largest absolute Gasteiger partial charge is 0.335 e. The molecule has 0 atom stereocenters. The Balaban J connectivity index is 1.21. The number of hydrogen-bond donors (Lipinski definition) is 1. The van der Waals surface area contributed by atoms with Crippen LogP contribution in [0.4, 0.5) is 0 Å². The predicted octanol–water partition coefficient (Wildman–Crippen LogP) is 6.64. The van der Waals surface area contributed by atoms with Gasteiger partial charge in [0.15, 0.2) is 0 Å². The van der Waals surface area contributed by atoms with Crippen LogP contribution >= 0.6 is 0 Å². The van der Waals surface area contributed by atoms with Crippen molar-refractivity contribution in [3.8, 4) is 16.9 Å². The van der Waals surface area contributed by atoms with Crippen LogP contribution in [-0.2, 0) is 4.79 Å². The van der Waals surface area contributed by atoms with E-state index in [1.807, 2.05) is 71.8 Å². The molecule has 1 aliphatic heterocycles. The third-order valence-electron chi connectivity index (χ3n) is 8.71. The first kappa shape index (κ1) is 31.5. The number of pyridine rings is 1. The van der Waals surface area contributed by atoms with Gasteiger partial charge in [0.2, 0.25) is 0 Å². The van der Waals surface area contributed by atoms with E-state index in [0.717, 1.165) is 11.3 Å². The molecule has 8 nitrogen and oxygen atoms in total. The molecule has 4 aromatic carbocycles. The smallest absolute Gasteiger partial charge is 0.270 e. The fourth-order valence-corrected chi connectivity index (χ4v) is 6.26. The van der Waals surface area contributed by atoms with E-state index in [0.29, 0.717) is 43.0 Å². The first-order valence-corrected chi connectivity index (χ1v) is 16.4. The molecule has 0 unspecified atom stereocenters.